The molecule has 2 N–H and O–H groups in total. The second-order valence-corrected chi connectivity index (χ2v) is 6.74. The van der Waals surface area contributed by atoms with Crippen molar-refractivity contribution in [1.82, 2.24) is 4.68 Å². The van der Waals surface area contributed by atoms with Crippen molar-refractivity contribution in [3.8, 4) is 11.1 Å². The zero-order chi connectivity index (χ0) is 16.5. The second kappa shape index (κ2) is 6.16. The van der Waals surface area contributed by atoms with Crippen LogP contribution in [0.3, 0.4) is 0 Å². The van der Waals surface area contributed by atoms with E-state index >= 15 is 0 Å². The highest BCUT2D eigenvalue weighted by Crippen LogP contribution is 2.34. The third-order valence-corrected chi connectivity index (χ3v) is 5.22. The number of hydrogen-bond acceptors (Lipinski definition) is 2. The number of nitrogens with two attached hydrogens (primary N) is 1. The molecule has 1 saturated carbocycles. The third-order valence-electron chi connectivity index (χ3n) is 5.22. The molecule has 0 spiro atoms. The van der Waals surface area contributed by atoms with Gasteiger partial charge in [0.1, 0.15) is 0 Å². The molecule has 0 bridgehead atoms. The molecule has 0 atom stereocenters. The van der Waals surface area contributed by atoms with Crippen LogP contribution in [0.5, 0.6) is 0 Å². The van der Waals surface area contributed by atoms with E-state index in [0.29, 0.717) is 5.92 Å². The molecular weight excluding hydrogens is 296 g/mol. The third kappa shape index (κ3) is 2.60. The average Bonchev–Trinajstić information content (AvgIpc) is 2.64. The van der Waals surface area contributed by atoms with Crippen molar-refractivity contribution in [2.45, 2.75) is 38.0 Å². The Morgan fingerprint density at radius 2 is 1.67 bits per heavy atom. The largest absolute Gasteiger partial charge is 0.336 e. The van der Waals surface area contributed by atoms with Crippen LogP contribution in [0.25, 0.3) is 21.9 Å². The summed E-state index contributed by atoms with van der Waals surface area (Å²) in [4.78, 5) is 12.5. The van der Waals surface area contributed by atoms with Gasteiger partial charge in [-0.05, 0) is 40.8 Å². The van der Waals surface area contributed by atoms with Crippen LogP contribution in [0.2, 0.25) is 0 Å². The van der Waals surface area contributed by atoms with E-state index in [2.05, 4.69) is 30.3 Å². The molecular formula is C21H22N2O. The maximum Gasteiger partial charge on any atom is 0.269 e. The Kier molecular flexibility index (Phi) is 3.85. The first-order valence-corrected chi connectivity index (χ1v) is 8.74. The molecule has 1 fully saturated rings. The summed E-state index contributed by atoms with van der Waals surface area (Å²) in [6.07, 6.45) is 5.97. The number of rotatable bonds is 2. The molecule has 4 rings (SSSR count). The number of benzene rings is 2. The highest BCUT2D eigenvalue weighted by atomic mass is 16.1. The van der Waals surface area contributed by atoms with E-state index in [1.54, 1.807) is 6.07 Å². The van der Waals surface area contributed by atoms with Crippen LogP contribution in [0.1, 0.15) is 43.7 Å². The molecule has 0 saturated heterocycles. The fourth-order valence-corrected chi connectivity index (χ4v) is 3.95. The van der Waals surface area contributed by atoms with Crippen molar-refractivity contribution >= 4 is 10.8 Å². The number of hydrogen-bond donors (Lipinski definition) is 1. The SMILES string of the molecule is Nn1c(C2CCCCC2)cc(-c2cccc3ccccc23)cc1=O. The van der Waals surface area contributed by atoms with Gasteiger partial charge in [-0.15, -0.1) is 0 Å². The first-order chi connectivity index (χ1) is 11.7. The molecule has 122 valence electrons. The Balaban J connectivity index is 1.89. The molecule has 1 aliphatic carbocycles. The summed E-state index contributed by atoms with van der Waals surface area (Å²) in [5.74, 6) is 6.47. The minimum atomic E-state index is -0.124. The van der Waals surface area contributed by atoms with E-state index < -0.39 is 0 Å². The van der Waals surface area contributed by atoms with Gasteiger partial charge in [-0.1, -0.05) is 61.7 Å². The minimum Gasteiger partial charge on any atom is -0.336 e. The van der Waals surface area contributed by atoms with Crippen LogP contribution >= 0.6 is 0 Å². The van der Waals surface area contributed by atoms with Gasteiger partial charge in [-0.25, -0.2) is 4.68 Å². The summed E-state index contributed by atoms with van der Waals surface area (Å²) in [6, 6.07) is 18.3. The number of pyridine rings is 1. The number of nitrogens with zero attached hydrogens (tertiary/aromatic N) is 1. The van der Waals surface area contributed by atoms with Gasteiger partial charge in [0.25, 0.3) is 5.56 Å². The molecule has 0 amide bonds. The van der Waals surface area contributed by atoms with E-state index in [0.717, 1.165) is 29.7 Å². The van der Waals surface area contributed by atoms with Crippen molar-refractivity contribution in [2.75, 3.05) is 5.84 Å². The monoisotopic (exact) mass is 318 g/mol. The van der Waals surface area contributed by atoms with Gasteiger partial charge >= 0.3 is 0 Å². The molecule has 0 aliphatic heterocycles. The quantitative estimate of drug-likeness (QED) is 0.711. The van der Waals surface area contributed by atoms with E-state index in [1.165, 1.54) is 34.7 Å². The highest BCUT2D eigenvalue weighted by molar-refractivity contribution is 5.96. The lowest BCUT2D eigenvalue weighted by Crippen LogP contribution is -2.31. The highest BCUT2D eigenvalue weighted by Gasteiger charge is 2.20. The predicted octanol–water partition coefficient (Wildman–Crippen LogP) is 4.43. The lowest BCUT2D eigenvalue weighted by atomic mass is 9.85. The molecule has 0 radical (unpaired) electrons. The molecule has 3 nitrogen and oxygen atoms in total. The number of fused-ring (bicyclic) bond motifs is 1. The normalized spacial score (nSPS) is 15.7. The van der Waals surface area contributed by atoms with Gasteiger partial charge in [0, 0.05) is 17.7 Å². The minimum absolute atomic E-state index is 0.124. The predicted molar refractivity (Wildman–Crippen MR) is 99.6 cm³/mol. The topological polar surface area (TPSA) is 48.0 Å². The molecule has 1 heterocycles. The first kappa shape index (κ1) is 15.0. The molecule has 2 aromatic carbocycles. The van der Waals surface area contributed by atoms with Gasteiger partial charge in [-0.3, -0.25) is 4.79 Å². The standard InChI is InChI=1S/C21H22N2O/c22-23-20(16-8-2-1-3-9-16)13-17(14-21(23)24)19-12-6-10-15-7-4-5-11-18(15)19/h4-7,10-14,16H,1-3,8-9,22H2. The second-order valence-electron chi connectivity index (χ2n) is 6.74. The van der Waals surface area contributed by atoms with Gasteiger partial charge < -0.3 is 5.84 Å². The Bertz CT molecular complexity index is 931. The van der Waals surface area contributed by atoms with Crippen molar-refractivity contribution < 1.29 is 0 Å². The number of aromatic nitrogens is 1. The van der Waals surface area contributed by atoms with E-state index in [1.807, 2.05) is 18.2 Å². The van der Waals surface area contributed by atoms with E-state index in [-0.39, 0.29) is 5.56 Å². The summed E-state index contributed by atoms with van der Waals surface area (Å²) in [5, 5.41) is 2.36. The zero-order valence-corrected chi connectivity index (χ0v) is 13.7. The molecule has 24 heavy (non-hydrogen) atoms. The Morgan fingerprint density at radius 3 is 2.50 bits per heavy atom. The average molecular weight is 318 g/mol. The Labute approximate surface area is 141 Å². The summed E-state index contributed by atoms with van der Waals surface area (Å²) in [7, 11) is 0. The maximum absolute atomic E-state index is 12.5. The fourth-order valence-electron chi connectivity index (χ4n) is 3.95. The van der Waals surface area contributed by atoms with Crippen LogP contribution in [0.4, 0.5) is 0 Å². The van der Waals surface area contributed by atoms with Crippen molar-refractivity contribution in [2.24, 2.45) is 0 Å². The van der Waals surface area contributed by atoms with Crippen molar-refractivity contribution in [1.29, 1.82) is 0 Å². The van der Waals surface area contributed by atoms with Gasteiger partial charge in [0.05, 0.1) is 0 Å². The maximum atomic E-state index is 12.5. The smallest absolute Gasteiger partial charge is 0.269 e. The molecule has 1 aromatic heterocycles. The lowest BCUT2D eigenvalue weighted by Gasteiger charge is -2.24. The summed E-state index contributed by atoms with van der Waals surface area (Å²) < 4.78 is 1.35. The molecule has 0 unspecified atom stereocenters. The summed E-state index contributed by atoms with van der Waals surface area (Å²) in [5.41, 5.74) is 2.92. The van der Waals surface area contributed by atoms with Crippen LogP contribution in [0, 0.1) is 0 Å². The van der Waals surface area contributed by atoms with Gasteiger partial charge in [0.15, 0.2) is 0 Å². The summed E-state index contributed by atoms with van der Waals surface area (Å²) in [6.45, 7) is 0. The van der Waals surface area contributed by atoms with E-state index in [4.69, 9.17) is 5.84 Å². The fraction of sp³-hybridized carbons (Fsp3) is 0.286. The molecule has 1 aliphatic rings. The van der Waals surface area contributed by atoms with Crippen molar-refractivity contribution in [3.63, 3.8) is 0 Å². The van der Waals surface area contributed by atoms with E-state index in [9.17, 15) is 4.79 Å². The number of nitrogen functional groups attached to an aromatic ring is 1. The van der Waals surface area contributed by atoms with Crippen LogP contribution < -0.4 is 11.4 Å². The lowest BCUT2D eigenvalue weighted by molar-refractivity contribution is 0.428. The van der Waals surface area contributed by atoms with Gasteiger partial charge in [-0.2, -0.15) is 0 Å². The Morgan fingerprint density at radius 1 is 0.917 bits per heavy atom. The molecule has 3 aromatic rings. The van der Waals surface area contributed by atoms with Crippen LogP contribution in [0.15, 0.2) is 59.4 Å². The molecule has 3 heteroatoms. The van der Waals surface area contributed by atoms with Gasteiger partial charge in [0.2, 0.25) is 0 Å². The zero-order valence-electron chi connectivity index (χ0n) is 13.7. The summed E-state index contributed by atoms with van der Waals surface area (Å²) >= 11 is 0. The van der Waals surface area contributed by atoms with Crippen molar-refractivity contribution in [3.05, 3.63) is 70.6 Å². The Hall–Kier alpha value is -2.55. The van der Waals surface area contributed by atoms with Crippen LogP contribution in [-0.4, -0.2) is 4.68 Å². The first-order valence-electron chi connectivity index (χ1n) is 8.74. The van der Waals surface area contributed by atoms with Crippen LogP contribution in [-0.2, 0) is 0 Å².